The van der Waals surface area contributed by atoms with Crippen LogP contribution in [0.5, 0.6) is 5.88 Å². The third-order valence-electron chi connectivity index (χ3n) is 6.43. The maximum Gasteiger partial charge on any atom is 0.306 e. The lowest BCUT2D eigenvalue weighted by atomic mass is 9.82. The molecule has 1 aromatic carbocycles. The second-order valence-electron chi connectivity index (χ2n) is 8.37. The third-order valence-corrected chi connectivity index (χ3v) is 6.43. The van der Waals surface area contributed by atoms with Gasteiger partial charge < -0.3 is 30.3 Å². The first-order chi connectivity index (χ1) is 13.9. The van der Waals surface area contributed by atoms with E-state index < -0.39 is 18.4 Å². The summed E-state index contributed by atoms with van der Waals surface area (Å²) in [6.45, 7) is 0.799. The van der Waals surface area contributed by atoms with E-state index in [9.17, 15) is 20.1 Å². The Morgan fingerprint density at radius 3 is 2.59 bits per heavy atom. The number of benzene rings is 1. The first kappa shape index (κ1) is 20.0. The van der Waals surface area contributed by atoms with E-state index in [1.165, 1.54) is 0 Å². The maximum absolute atomic E-state index is 11.1. The lowest BCUT2D eigenvalue weighted by molar-refractivity contribution is -0.143. The second-order valence-corrected chi connectivity index (χ2v) is 8.37. The Morgan fingerprint density at radius 2 is 1.90 bits per heavy atom. The molecule has 1 saturated heterocycles. The molecule has 2 heterocycles. The van der Waals surface area contributed by atoms with E-state index in [0.717, 1.165) is 48.7 Å². The molecule has 29 heavy (non-hydrogen) atoms. The number of nitrogens with zero attached hydrogens (tertiary/aromatic N) is 1. The number of aliphatic hydroxyl groups is 2. The summed E-state index contributed by atoms with van der Waals surface area (Å²) in [4.78, 5) is 11.1. The van der Waals surface area contributed by atoms with Crippen LogP contribution < -0.4 is 10.6 Å². The lowest BCUT2D eigenvalue weighted by Crippen LogP contribution is -2.47. The number of piperidine rings is 1. The van der Waals surface area contributed by atoms with Crippen LogP contribution in [0.3, 0.4) is 0 Å². The van der Waals surface area contributed by atoms with Gasteiger partial charge in [0.15, 0.2) is 5.88 Å². The standard InChI is InChI=1S/C21H29N3O5/c25-18-8-7-17(19(26)23-18)24-11-14-9-15(5-6-16(14)20(24)27)22-10-12-1-3-13(4-2-12)21(28)29/h5-6,9,11-13,17-19,22-23,25-27H,1-4,7-8,10H2,(H,28,29). The molecule has 0 amide bonds. The van der Waals surface area contributed by atoms with E-state index in [-0.39, 0.29) is 17.8 Å². The second kappa shape index (κ2) is 8.22. The number of aromatic nitrogens is 1. The quantitative estimate of drug-likeness (QED) is 0.452. The van der Waals surface area contributed by atoms with E-state index in [0.29, 0.717) is 18.8 Å². The van der Waals surface area contributed by atoms with Crippen molar-refractivity contribution in [3.8, 4) is 5.88 Å². The molecule has 6 N–H and O–H groups in total. The van der Waals surface area contributed by atoms with Crippen LogP contribution in [0.15, 0.2) is 24.4 Å². The average molecular weight is 403 g/mol. The van der Waals surface area contributed by atoms with Gasteiger partial charge in [-0.05, 0) is 62.6 Å². The van der Waals surface area contributed by atoms with Gasteiger partial charge in [0.2, 0.25) is 0 Å². The van der Waals surface area contributed by atoms with Gasteiger partial charge in [-0.3, -0.25) is 10.1 Å². The number of hydrogen-bond donors (Lipinski definition) is 6. The largest absolute Gasteiger partial charge is 0.494 e. The summed E-state index contributed by atoms with van der Waals surface area (Å²) >= 11 is 0. The fraction of sp³-hybridized carbons (Fsp3) is 0.571. The highest BCUT2D eigenvalue weighted by Crippen LogP contribution is 2.36. The van der Waals surface area contributed by atoms with Crippen molar-refractivity contribution in [1.82, 2.24) is 9.88 Å². The van der Waals surface area contributed by atoms with Gasteiger partial charge in [-0.2, -0.15) is 0 Å². The minimum Gasteiger partial charge on any atom is -0.494 e. The number of carboxylic acids is 1. The molecule has 2 aliphatic rings. The molecule has 3 atom stereocenters. The molecular formula is C21H29N3O5. The SMILES string of the molecule is O=C(O)C1CCC(CNc2ccc3c(O)n(C4CCC(O)NC4O)cc3c2)CC1. The number of carbonyl (C=O) groups is 1. The van der Waals surface area contributed by atoms with Crippen LogP contribution in [-0.4, -0.2) is 50.0 Å². The van der Waals surface area contributed by atoms with Crippen LogP contribution >= 0.6 is 0 Å². The van der Waals surface area contributed by atoms with Crippen molar-refractivity contribution in [1.29, 1.82) is 0 Å². The summed E-state index contributed by atoms with van der Waals surface area (Å²) in [6, 6.07) is 5.43. The Hall–Kier alpha value is -2.29. The molecular weight excluding hydrogens is 374 g/mol. The Labute approximate surface area is 169 Å². The molecule has 0 bridgehead atoms. The normalized spacial score (nSPS) is 30.3. The topological polar surface area (TPSA) is 127 Å². The molecule has 3 unspecified atom stereocenters. The van der Waals surface area contributed by atoms with Gasteiger partial charge in [-0.25, -0.2) is 0 Å². The minimum atomic E-state index is -0.926. The molecule has 158 valence electrons. The summed E-state index contributed by atoms with van der Waals surface area (Å²) in [7, 11) is 0. The molecule has 1 aliphatic carbocycles. The molecule has 2 fully saturated rings. The Morgan fingerprint density at radius 1 is 1.14 bits per heavy atom. The van der Waals surface area contributed by atoms with Crippen molar-refractivity contribution in [3.63, 3.8) is 0 Å². The molecule has 8 nitrogen and oxygen atoms in total. The van der Waals surface area contributed by atoms with E-state index in [4.69, 9.17) is 5.11 Å². The number of nitrogens with one attached hydrogen (secondary N) is 2. The zero-order chi connectivity index (χ0) is 20.5. The van der Waals surface area contributed by atoms with Crippen molar-refractivity contribution in [3.05, 3.63) is 24.4 Å². The van der Waals surface area contributed by atoms with Crippen LogP contribution in [0.1, 0.15) is 44.6 Å². The highest BCUT2D eigenvalue weighted by atomic mass is 16.4. The molecule has 8 heteroatoms. The van der Waals surface area contributed by atoms with Gasteiger partial charge in [0.05, 0.1) is 12.0 Å². The molecule has 4 rings (SSSR count). The molecule has 1 aliphatic heterocycles. The molecule has 1 saturated carbocycles. The molecule has 0 radical (unpaired) electrons. The van der Waals surface area contributed by atoms with Crippen molar-refractivity contribution in [2.75, 3.05) is 11.9 Å². The predicted molar refractivity (Wildman–Crippen MR) is 109 cm³/mol. The first-order valence-electron chi connectivity index (χ1n) is 10.3. The predicted octanol–water partition coefficient (Wildman–Crippen LogP) is 2.21. The maximum atomic E-state index is 11.1. The molecule has 1 aromatic heterocycles. The zero-order valence-corrected chi connectivity index (χ0v) is 16.3. The lowest BCUT2D eigenvalue weighted by Gasteiger charge is -2.33. The summed E-state index contributed by atoms with van der Waals surface area (Å²) < 4.78 is 1.67. The number of carboxylic acid groups (broad SMARTS) is 1. The third kappa shape index (κ3) is 4.19. The number of aliphatic hydroxyl groups excluding tert-OH is 2. The zero-order valence-electron chi connectivity index (χ0n) is 16.3. The van der Waals surface area contributed by atoms with Crippen LogP contribution in [0.2, 0.25) is 0 Å². The molecule has 2 aromatic rings. The summed E-state index contributed by atoms with van der Waals surface area (Å²) in [5, 5.41) is 47.3. The van der Waals surface area contributed by atoms with E-state index in [1.807, 2.05) is 24.4 Å². The van der Waals surface area contributed by atoms with E-state index in [2.05, 4.69) is 10.6 Å². The van der Waals surface area contributed by atoms with Gasteiger partial charge in [0, 0.05) is 29.2 Å². The summed E-state index contributed by atoms with van der Waals surface area (Å²) in [5.74, 6) is -0.301. The van der Waals surface area contributed by atoms with Gasteiger partial charge in [-0.1, -0.05) is 0 Å². The first-order valence-corrected chi connectivity index (χ1v) is 10.3. The van der Waals surface area contributed by atoms with Gasteiger partial charge >= 0.3 is 5.97 Å². The minimum absolute atomic E-state index is 0.112. The number of hydrogen-bond acceptors (Lipinski definition) is 6. The fourth-order valence-corrected chi connectivity index (χ4v) is 4.63. The average Bonchev–Trinajstić information content (AvgIpc) is 3.02. The number of aliphatic carboxylic acids is 1. The van der Waals surface area contributed by atoms with Crippen LogP contribution in [0, 0.1) is 11.8 Å². The Bertz CT molecular complexity index is 875. The summed E-state index contributed by atoms with van der Waals surface area (Å²) in [6.07, 6.45) is 4.57. The molecule has 0 spiro atoms. The Balaban J connectivity index is 1.43. The highest BCUT2D eigenvalue weighted by molar-refractivity contribution is 5.90. The van der Waals surface area contributed by atoms with Crippen LogP contribution in [0.25, 0.3) is 10.8 Å². The number of anilines is 1. The number of rotatable bonds is 5. The van der Waals surface area contributed by atoms with Crippen molar-refractivity contribution in [2.24, 2.45) is 11.8 Å². The van der Waals surface area contributed by atoms with E-state index >= 15 is 0 Å². The monoisotopic (exact) mass is 403 g/mol. The number of aromatic hydroxyl groups is 1. The number of fused-ring (bicyclic) bond motifs is 1. The summed E-state index contributed by atoms with van der Waals surface area (Å²) in [5.41, 5.74) is 0.952. The Kier molecular flexibility index (Phi) is 5.67. The van der Waals surface area contributed by atoms with Gasteiger partial charge in [0.25, 0.3) is 0 Å². The van der Waals surface area contributed by atoms with Gasteiger partial charge in [0.1, 0.15) is 12.5 Å². The van der Waals surface area contributed by atoms with Crippen molar-refractivity contribution >= 4 is 22.4 Å². The van der Waals surface area contributed by atoms with Gasteiger partial charge in [-0.15, -0.1) is 0 Å². The highest BCUT2D eigenvalue weighted by Gasteiger charge is 2.30. The van der Waals surface area contributed by atoms with Crippen molar-refractivity contribution < 1.29 is 25.2 Å². The smallest absolute Gasteiger partial charge is 0.306 e. The fourth-order valence-electron chi connectivity index (χ4n) is 4.63. The van der Waals surface area contributed by atoms with Crippen molar-refractivity contribution in [2.45, 2.75) is 57.0 Å². The van der Waals surface area contributed by atoms with Crippen LogP contribution in [0.4, 0.5) is 5.69 Å². The van der Waals surface area contributed by atoms with Crippen LogP contribution in [-0.2, 0) is 4.79 Å². The van der Waals surface area contributed by atoms with E-state index in [1.54, 1.807) is 4.57 Å².